The van der Waals surface area contributed by atoms with Crippen molar-refractivity contribution in [2.45, 2.75) is 37.6 Å². The summed E-state index contributed by atoms with van der Waals surface area (Å²) >= 11 is 0. The second-order valence-electron chi connectivity index (χ2n) is 7.38. The number of aromatic nitrogens is 1. The Bertz CT molecular complexity index is 902. The number of amides is 1. The highest BCUT2D eigenvalue weighted by molar-refractivity contribution is 5.94. The molecule has 0 unspecified atom stereocenters. The first-order valence-electron chi connectivity index (χ1n) is 8.99. The summed E-state index contributed by atoms with van der Waals surface area (Å²) in [6.07, 6.45) is -3.02. The minimum atomic E-state index is -4.50. The number of ether oxygens (including phenoxy) is 1. The van der Waals surface area contributed by atoms with E-state index in [0.717, 1.165) is 18.6 Å². The Kier molecular flexibility index (Phi) is 4.61. The third-order valence-corrected chi connectivity index (χ3v) is 5.53. The van der Waals surface area contributed by atoms with Gasteiger partial charge in [-0.15, -0.1) is 0 Å². The number of carbonyl (C=O) groups is 1. The Morgan fingerprint density at radius 3 is 2.75 bits per heavy atom. The highest BCUT2D eigenvalue weighted by atomic mass is 19.4. The lowest BCUT2D eigenvalue weighted by molar-refractivity contribution is -0.137. The second-order valence-corrected chi connectivity index (χ2v) is 7.38. The van der Waals surface area contributed by atoms with Crippen molar-refractivity contribution in [3.05, 3.63) is 59.7 Å². The molecule has 2 aliphatic rings. The lowest BCUT2D eigenvalue weighted by atomic mass is 9.71. The van der Waals surface area contributed by atoms with Crippen molar-refractivity contribution in [2.75, 3.05) is 5.32 Å². The van der Waals surface area contributed by atoms with Gasteiger partial charge in [0.05, 0.1) is 23.7 Å². The van der Waals surface area contributed by atoms with Gasteiger partial charge in [0.1, 0.15) is 0 Å². The van der Waals surface area contributed by atoms with Crippen LogP contribution in [0.2, 0.25) is 0 Å². The van der Waals surface area contributed by atoms with E-state index in [-0.39, 0.29) is 29.7 Å². The number of hydrogen-bond acceptors (Lipinski definition) is 3. The van der Waals surface area contributed by atoms with Crippen LogP contribution in [0.15, 0.2) is 42.6 Å². The fourth-order valence-corrected chi connectivity index (χ4v) is 4.36. The van der Waals surface area contributed by atoms with Crippen molar-refractivity contribution in [1.82, 2.24) is 4.98 Å². The SMILES string of the molecule is C[C@H]1C[C@H]2O[C@H]1[C@@H](C(=O)Nc1cccc(C(F)(F)F)c1)[C@H]2c1ccnc(F)c1. The minimum Gasteiger partial charge on any atom is -0.373 e. The molecule has 4 nitrogen and oxygen atoms in total. The third-order valence-electron chi connectivity index (χ3n) is 5.53. The summed E-state index contributed by atoms with van der Waals surface area (Å²) in [6, 6.07) is 7.42. The molecule has 28 heavy (non-hydrogen) atoms. The molecular weight excluding hydrogens is 376 g/mol. The van der Waals surface area contributed by atoms with Crippen LogP contribution < -0.4 is 5.32 Å². The summed E-state index contributed by atoms with van der Waals surface area (Å²) < 4.78 is 58.3. The van der Waals surface area contributed by atoms with Crippen LogP contribution in [-0.2, 0) is 15.7 Å². The van der Waals surface area contributed by atoms with Gasteiger partial charge in [-0.2, -0.15) is 17.6 Å². The smallest absolute Gasteiger partial charge is 0.373 e. The molecule has 0 aliphatic carbocycles. The first-order chi connectivity index (χ1) is 13.2. The number of alkyl halides is 3. The van der Waals surface area contributed by atoms with Crippen LogP contribution >= 0.6 is 0 Å². The maximum absolute atomic E-state index is 13.6. The molecule has 0 radical (unpaired) electrons. The number of benzene rings is 1. The van der Waals surface area contributed by atoms with E-state index >= 15 is 0 Å². The highest BCUT2D eigenvalue weighted by Gasteiger charge is 2.56. The molecule has 1 amide bonds. The zero-order valence-corrected chi connectivity index (χ0v) is 14.9. The zero-order chi connectivity index (χ0) is 20.1. The average molecular weight is 394 g/mol. The Hall–Kier alpha value is -2.48. The van der Waals surface area contributed by atoms with E-state index in [1.54, 1.807) is 6.07 Å². The van der Waals surface area contributed by atoms with Crippen molar-refractivity contribution in [3.63, 3.8) is 0 Å². The number of carbonyl (C=O) groups excluding carboxylic acids is 1. The Labute approximate surface area is 158 Å². The monoisotopic (exact) mass is 394 g/mol. The maximum Gasteiger partial charge on any atom is 0.416 e. The van der Waals surface area contributed by atoms with Crippen LogP contribution in [0.3, 0.4) is 0 Å². The molecule has 2 aliphatic heterocycles. The molecule has 148 valence electrons. The average Bonchev–Trinajstić information content (AvgIpc) is 3.18. The summed E-state index contributed by atoms with van der Waals surface area (Å²) in [5.41, 5.74) is -0.165. The molecule has 1 aromatic heterocycles. The van der Waals surface area contributed by atoms with Gasteiger partial charge in [0.25, 0.3) is 0 Å². The van der Waals surface area contributed by atoms with Gasteiger partial charge >= 0.3 is 6.18 Å². The number of nitrogens with one attached hydrogen (secondary N) is 1. The van der Waals surface area contributed by atoms with Crippen LogP contribution in [0.4, 0.5) is 23.2 Å². The number of hydrogen-bond donors (Lipinski definition) is 1. The Balaban J connectivity index is 1.61. The maximum atomic E-state index is 13.6. The molecule has 2 aromatic rings. The fourth-order valence-electron chi connectivity index (χ4n) is 4.36. The third kappa shape index (κ3) is 3.37. The molecule has 2 bridgehead atoms. The summed E-state index contributed by atoms with van der Waals surface area (Å²) in [5, 5.41) is 2.59. The van der Waals surface area contributed by atoms with Crippen LogP contribution in [0.25, 0.3) is 0 Å². The molecule has 0 spiro atoms. The first kappa shape index (κ1) is 18.9. The number of anilines is 1. The number of rotatable bonds is 3. The standard InChI is InChI=1S/C20H18F4N2O2/c1-10-7-14-16(11-5-6-25-15(21)8-11)17(18(10)28-14)19(27)26-13-4-2-3-12(9-13)20(22,23)24/h2-6,8-10,14,16-18H,7H2,1H3,(H,26,27)/t10-,14+,16-,17-,18+/m0/s1. The van der Waals surface area contributed by atoms with Gasteiger partial charge in [-0.05, 0) is 48.2 Å². The molecule has 2 fully saturated rings. The van der Waals surface area contributed by atoms with E-state index in [1.165, 1.54) is 24.4 Å². The predicted octanol–water partition coefficient (Wildman–Crippen LogP) is 4.39. The summed E-state index contributed by atoms with van der Waals surface area (Å²) in [4.78, 5) is 16.5. The normalized spacial score (nSPS) is 29.1. The molecule has 4 rings (SSSR count). The zero-order valence-electron chi connectivity index (χ0n) is 14.9. The number of nitrogens with zero attached hydrogens (tertiary/aromatic N) is 1. The summed E-state index contributed by atoms with van der Waals surface area (Å²) in [7, 11) is 0. The van der Waals surface area contributed by atoms with Crippen molar-refractivity contribution in [3.8, 4) is 0 Å². The molecule has 3 heterocycles. The molecule has 0 saturated carbocycles. The molecule has 2 saturated heterocycles. The lowest BCUT2D eigenvalue weighted by Crippen LogP contribution is -2.39. The van der Waals surface area contributed by atoms with Crippen molar-refractivity contribution in [2.24, 2.45) is 11.8 Å². The van der Waals surface area contributed by atoms with Gasteiger partial charge in [-0.25, -0.2) is 4.98 Å². The summed E-state index contributed by atoms with van der Waals surface area (Å²) in [5.74, 6) is -1.94. The van der Waals surface area contributed by atoms with E-state index < -0.39 is 29.5 Å². The van der Waals surface area contributed by atoms with Crippen molar-refractivity contribution < 1.29 is 27.1 Å². The van der Waals surface area contributed by atoms with Gasteiger partial charge < -0.3 is 10.1 Å². The Morgan fingerprint density at radius 2 is 2.04 bits per heavy atom. The van der Waals surface area contributed by atoms with Crippen LogP contribution in [0, 0.1) is 17.8 Å². The molecule has 5 atom stereocenters. The molecule has 8 heteroatoms. The number of halogens is 4. The predicted molar refractivity (Wildman–Crippen MR) is 92.9 cm³/mol. The van der Waals surface area contributed by atoms with Gasteiger partial charge in [-0.3, -0.25) is 4.79 Å². The van der Waals surface area contributed by atoms with Gasteiger partial charge in [0, 0.05) is 17.8 Å². The van der Waals surface area contributed by atoms with E-state index in [4.69, 9.17) is 4.74 Å². The lowest BCUT2D eigenvalue weighted by Gasteiger charge is -2.30. The van der Waals surface area contributed by atoms with Crippen LogP contribution in [0.1, 0.15) is 30.4 Å². The van der Waals surface area contributed by atoms with Crippen LogP contribution in [0.5, 0.6) is 0 Å². The molecule has 1 N–H and O–H groups in total. The molecule has 1 aromatic carbocycles. The van der Waals surface area contributed by atoms with Gasteiger partial charge in [-0.1, -0.05) is 13.0 Å². The second kappa shape index (κ2) is 6.84. The van der Waals surface area contributed by atoms with E-state index in [9.17, 15) is 22.4 Å². The van der Waals surface area contributed by atoms with Crippen molar-refractivity contribution >= 4 is 11.6 Å². The molecular formula is C20H18F4N2O2. The van der Waals surface area contributed by atoms with Crippen LogP contribution in [-0.4, -0.2) is 23.1 Å². The minimum absolute atomic E-state index is 0.0647. The Morgan fingerprint density at radius 1 is 1.25 bits per heavy atom. The quantitative estimate of drug-likeness (QED) is 0.621. The van der Waals surface area contributed by atoms with E-state index in [1.807, 2.05) is 6.92 Å². The largest absolute Gasteiger partial charge is 0.416 e. The van der Waals surface area contributed by atoms with Crippen molar-refractivity contribution in [1.29, 1.82) is 0 Å². The van der Waals surface area contributed by atoms with Gasteiger partial charge in [0.15, 0.2) is 0 Å². The number of pyridine rings is 1. The van der Waals surface area contributed by atoms with E-state index in [0.29, 0.717) is 5.56 Å². The van der Waals surface area contributed by atoms with Gasteiger partial charge in [0.2, 0.25) is 11.9 Å². The summed E-state index contributed by atoms with van der Waals surface area (Å²) in [6.45, 7) is 1.97. The van der Waals surface area contributed by atoms with E-state index in [2.05, 4.69) is 10.3 Å². The highest BCUT2D eigenvalue weighted by Crippen LogP contribution is 2.51. The number of fused-ring (bicyclic) bond motifs is 2. The fraction of sp³-hybridized carbons (Fsp3) is 0.400. The topological polar surface area (TPSA) is 51.2 Å². The first-order valence-corrected chi connectivity index (χ1v) is 8.99.